The standard InChI is InChI=1S/C30H30BrN7O2/c1-18-19(2)27(10-9-23(18)31)38-29(39)22(20(3)35-38)17-32-26-15-24-25(34-30(40)33-24)16-28(26)37-13-11-36(12-14-37)21-7-5-4-6-8-21/h4-10,15-17,35H,11-14H2,1-3H3,(H2,33,34,40). The molecule has 1 aliphatic rings. The largest absolute Gasteiger partial charge is 0.368 e. The summed E-state index contributed by atoms with van der Waals surface area (Å²) in [5, 5.41) is 3.21. The highest BCUT2D eigenvalue weighted by atomic mass is 79.9. The molecule has 3 aromatic carbocycles. The molecule has 6 rings (SSSR count). The Morgan fingerprint density at radius 2 is 1.50 bits per heavy atom. The molecular weight excluding hydrogens is 570 g/mol. The summed E-state index contributed by atoms with van der Waals surface area (Å²) in [6, 6.07) is 18.1. The predicted molar refractivity (Wildman–Crippen MR) is 165 cm³/mol. The molecule has 5 aromatic rings. The van der Waals surface area contributed by atoms with Gasteiger partial charge in [0, 0.05) is 48.2 Å². The van der Waals surface area contributed by atoms with Crippen molar-refractivity contribution in [1.82, 2.24) is 19.7 Å². The van der Waals surface area contributed by atoms with Crippen molar-refractivity contribution in [3.8, 4) is 5.69 Å². The smallest absolute Gasteiger partial charge is 0.323 e. The maximum Gasteiger partial charge on any atom is 0.323 e. The number of rotatable bonds is 5. The molecule has 1 fully saturated rings. The van der Waals surface area contributed by atoms with Gasteiger partial charge in [0.1, 0.15) is 0 Å². The first-order valence-electron chi connectivity index (χ1n) is 13.2. The number of aliphatic imine (C=N–C) groups is 1. The van der Waals surface area contributed by atoms with E-state index in [0.29, 0.717) is 16.8 Å². The predicted octanol–water partition coefficient (Wildman–Crippen LogP) is 5.10. The summed E-state index contributed by atoms with van der Waals surface area (Å²) in [6.07, 6.45) is 1.63. The summed E-state index contributed by atoms with van der Waals surface area (Å²) in [4.78, 5) is 40.7. The number of nitrogens with zero attached hydrogens (tertiary/aromatic N) is 4. The van der Waals surface area contributed by atoms with E-state index in [4.69, 9.17) is 4.99 Å². The van der Waals surface area contributed by atoms with E-state index in [1.807, 2.05) is 51.1 Å². The van der Waals surface area contributed by atoms with Gasteiger partial charge in [-0.05, 0) is 68.3 Å². The van der Waals surface area contributed by atoms with Gasteiger partial charge in [0.2, 0.25) is 0 Å². The van der Waals surface area contributed by atoms with Crippen molar-refractivity contribution in [3.05, 3.63) is 102 Å². The first-order chi connectivity index (χ1) is 19.3. The summed E-state index contributed by atoms with van der Waals surface area (Å²) < 4.78 is 2.57. The fourth-order valence-electron chi connectivity index (χ4n) is 5.29. The lowest BCUT2D eigenvalue weighted by Gasteiger charge is -2.37. The van der Waals surface area contributed by atoms with Crippen molar-refractivity contribution >= 4 is 50.2 Å². The minimum atomic E-state index is -0.263. The first-order valence-corrected chi connectivity index (χ1v) is 14.0. The third-order valence-corrected chi connectivity index (χ3v) is 8.60. The SMILES string of the molecule is Cc1[nH]n(-c2ccc(Br)c(C)c2C)c(=O)c1C=Nc1cc2[nH]c(=O)[nH]c2cc1N1CCN(c2ccccc2)CC1. The Bertz CT molecular complexity index is 1860. The molecule has 40 heavy (non-hydrogen) atoms. The molecule has 0 radical (unpaired) electrons. The molecule has 0 bridgehead atoms. The molecule has 3 heterocycles. The number of benzene rings is 3. The van der Waals surface area contributed by atoms with Gasteiger partial charge < -0.3 is 19.8 Å². The average Bonchev–Trinajstić information content (AvgIpc) is 3.47. The summed E-state index contributed by atoms with van der Waals surface area (Å²) in [5.41, 5.74) is 7.90. The third kappa shape index (κ3) is 4.68. The van der Waals surface area contributed by atoms with Gasteiger partial charge in [0.15, 0.2) is 0 Å². The maximum absolute atomic E-state index is 13.5. The number of para-hydroxylation sites is 1. The highest BCUT2D eigenvalue weighted by molar-refractivity contribution is 9.10. The third-order valence-electron chi connectivity index (χ3n) is 7.74. The van der Waals surface area contributed by atoms with Crippen LogP contribution in [-0.4, -0.2) is 52.1 Å². The molecule has 3 N–H and O–H groups in total. The topological polar surface area (TPSA) is 105 Å². The number of hydrogen-bond acceptors (Lipinski definition) is 5. The highest BCUT2D eigenvalue weighted by Gasteiger charge is 2.21. The van der Waals surface area contributed by atoms with Crippen LogP contribution in [0.1, 0.15) is 22.4 Å². The van der Waals surface area contributed by atoms with E-state index >= 15 is 0 Å². The van der Waals surface area contributed by atoms with Gasteiger partial charge in [0.25, 0.3) is 5.56 Å². The monoisotopic (exact) mass is 599 g/mol. The summed E-state index contributed by atoms with van der Waals surface area (Å²) >= 11 is 3.57. The Balaban J connectivity index is 1.35. The molecule has 0 saturated carbocycles. The molecule has 0 aliphatic carbocycles. The zero-order valence-electron chi connectivity index (χ0n) is 22.6. The summed E-state index contributed by atoms with van der Waals surface area (Å²) in [5.74, 6) is 0. The fourth-order valence-corrected chi connectivity index (χ4v) is 5.72. The summed E-state index contributed by atoms with van der Waals surface area (Å²) in [6.45, 7) is 9.23. The molecule has 2 aromatic heterocycles. The van der Waals surface area contributed by atoms with Crippen LogP contribution in [0.4, 0.5) is 17.1 Å². The molecule has 204 valence electrons. The van der Waals surface area contributed by atoms with Crippen LogP contribution in [0.15, 0.2) is 73.7 Å². The number of aryl methyl sites for hydroxylation is 1. The normalized spacial score (nSPS) is 14.1. The lowest BCUT2D eigenvalue weighted by molar-refractivity contribution is 0.654. The fraction of sp³-hybridized carbons (Fsp3) is 0.233. The van der Waals surface area contributed by atoms with Crippen molar-refractivity contribution in [3.63, 3.8) is 0 Å². The van der Waals surface area contributed by atoms with Crippen molar-refractivity contribution in [2.45, 2.75) is 20.8 Å². The minimum absolute atomic E-state index is 0.166. The molecular formula is C30H30BrN7O2. The second-order valence-electron chi connectivity index (χ2n) is 10.1. The molecule has 9 nitrogen and oxygen atoms in total. The van der Waals surface area contributed by atoms with Gasteiger partial charge in [-0.1, -0.05) is 34.1 Å². The van der Waals surface area contributed by atoms with E-state index in [1.54, 1.807) is 10.9 Å². The Morgan fingerprint density at radius 1 is 0.825 bits per heavy atom. The zero-order chi connectivity index (χ0) is 28.0. The molecule has 1 aliphatic heterocycles. The van der Waals surface area contributed by atoms with Gasteiger partial charge in [0.05, 0.1) is 33.7 Å². The van der Waals surface area contributed by atoms with Gasteiger partial charge in [-0.3, -0.25) is 14.9 Å². The Morgan fingerprint density at radius 3 is 2.23 bits per heavy atom. The van der Waals surface area contributed by atoms with Crippen LogP contribution in [0.5, 0.6) is 0 Å². The molecule has 0 amide bonds. The molecule has 0 spiro atoms. The van der Waals surface area contributed by atoms with E-state index < -0.39 is 0 Å². The number of aromatic amines is 3. The minimum Gasteiger partial charge on any atom is -0.368 e. The lowest BCUT2D eigenvalue weighted by atomic mass is 10.1. The zero-order valence-corrected chi connectivity index (χ0v) is 24.2. The van der Waals surface area contributed by atoms with Gasteiger partial charge in [-0.2, -0.15) is 0 Å². The first kappa shape index (κ1) is 25.9. The highest BCUT2D eigenvalue weighted by Crippen LogP contribution is 2.33. The second-order valence-corrected chi connectivity index (χ2v) is 11.0. The number of hydrogen-bond donors (Lipinski definition) is 3. The number of H-pyrrole nitrogens is 3. The number of piperazine rings is 1. The van der Waals surface area contributed by atoms with Crippen LogP contribution in [-0.2, 0) is 0 Å². The number of nitrogens with one attached hydrogen (secondary N) is 3. The summed E-state index contributed by atoms with van der Waals surface area (Å²) in [7, 11) is 0. The van der Waals surface area contributed by atoms with Crippen LogP contribution in [0.3, 0.4) is 0 Å². The second kappa shape index (κ2) is 10.3. The van der Waals surface area contributed by atoms with E-state index in [2.05, 4.69) is 65.1 Å². The van der Waals surface area contributed by atoms with E-state index in [1.165, 1.54) is 5.69 Å². The van der Waals surface area contributed by atoms with Crippen LogP contribution in [0.25, 0.3) is 16.7 Å². The quantitative estimate of drug-likeness (QED) is 0.244. The van der Waals surface area contributed by atoms with E-state index in [9.17, 15) is 9.59 Å². The Kier molecular flexibility index (Phi) is 6.71. The Labute approximate surface area is 239 Å². The molecule has 0 atom stereocenters. The number of aromatic nitrogens is 4. The van der Waals surface area contributed by atoms with Gasteiger partial charge in [-0.25, -0.2) is 9.48 Å². The molecule has 10 heteroatoms. The Hall–Kier alpha value is -4.31. The van der Waals surface area contributed by atoms with Crippen LogP contribution in [0, 0.1) is 20.8 Å². The van der Waals surface area contributed by atoms with Gasteiger partial charge in [-0.15, -0.1) is 0 Å². The van der Waals surface area contributed by atoms with Crippen LogP contribution in [0.2, 0.25) is 0 Å². The van der Waals surface area contributed by atoms with Crippen LogP contribution < -0.4 is 21.0 Å². The average molecular weight is 601 g/mol. The molecule has 0 unspecified atom stereocenters. The van der Waals surface area contributed by atoms with Crippen molar-refractivity contribution < 1.29 is 0 Å². The number of anilines is 2. The number of imidazole rings is 1. The van der Waals surface area contributed by atoms with E-state index in [0.717, 1.165) is 64.4 Å². The lowest BCUT2D eigenvalue weighted by Crippen LogP contribution is -2.46. The maximum atomic E-state index is 13.5. The van der Waals surface area contributed by atoms with Crippen LogP contribution >= 0.6 is 15.9 Å². The number of halogens is 1. The van der Waals surface area contributed by atoms with E-state index in [-0.39, 0.29) is 11.2 Å². The van der Waals surface area contributed by atoms with Crippen molar-refractivity contribution in [2.24, 2.45) is 4.99 Å². The van der Waals surface area contributed by atoms with Gasteiger partial charge >= 0.3 is 5.69 Å². The molecule has 1 saturated heterocycles. The van der Waals surface area contributed by atoms with Crippen molar-refractivity contribution in [2.75, 3.05) is 36.0 Å². The number of fused-ring (bicyclic) bond motifs is 1. The van der Waals surface area contributed by atoms with Crippen molar-refractivity contribution in [1.29, 1.82) is 0 Å².